The minimum Gasteiger partial charge on any atom is -0.381 e. The van der Waals surface area contributed by atoms with Gasteiger partial charge < -0.3 is 4.74 Å². The third-order valence-electron chi connectivity index (χ3n) is 8.66. The van der Waals surface area contributed by atoms with Crippen LogP contribution in [0.5, 0.6) is 0 Å². The molecule has 0 aliphatic heterocycles. The van der Waals surface area contributed by atoms with E-state index in [9.17, 15) is 9.59 Å². The second-order valence-corrected chi connectivity index (χ2v) is 9.61. The highest BCUT2D eigenvalue weighted by molar-refractivity contribution is 5.91. The molecule has 0 aromatic rings. The lowest BCUT2D eigenvalue weighted by Crippen LogP contribution is -2.57. The van der Waals surface area contributed by atoms with Crippen molar-refractivity contribution in [2.45, 2.75) is 71.8 Å². The predicted octanol–water partition coefficient (Wildman–Crippen LogP) is 4.35. The van der Waals surface area contributed by atoms with Crippen LogP contribution in [0.4, 0.5) is 0 Å². The summed E-state index contributed by atoms with van der Waals surface area (Å²) < 4.78 is 6.08. The molecule has 138 valence electrons. The zero-order chi connectivity index (χ0) is 18.0. The van der Waals surface area contributed by atoms with Crippen molar-refractivity contribution in [1.29, 1.82) is 0 Å². The first kappa shape index (κ1) is 17.5. The molecule has 4 unspecified atom stereocenters. The van der Waals surface area contributed by atoms with Crippen LogP contribution in [0.25, 0.3) is 0 Å². The minimum atomic E-state index is 0.0930. The highest BCUT2D eigenvalue weighted by atomic mass is 16.5. The van der Waals surface area contributed by atoms with Crippen molar-refractivity contribution in [3.8, 4) is 0 Å². The molecule has 7 atom stereocenters. The van der Waals surface area contributed by atoms with E-state index in [4.69, 9.17) is 4.74 Å². The van der Waals surface area contributed by atoms with Crippen molar-refractivity contribution in [2.24, 2.45) is 34.5 Å². The maximum absolute atomic E-state index is 12.3. The summed E-state index contributed by atoms with van der Waals surface area (Å²) in [6, 6.07) is 0. The Morgan fingerprint density at radius 1 is 1.20 bits per heavy atom. The van der Waals surface area contributed by atoms with E-state index < -0.39 is 0 Å². The molecule has 4 aliphatic carbocycles. The van der Waals surface area contributed by atoms with Gasteiger partial charge in [-0.3, -0.25) is 9.59 Å². The van der Waals surface area contributed by atoms with Crippen LogP contribution in [-0.4, -0.2) is 24.8 Å². The summed E-state index contributed by atoms with van der Waals surface area (Å²) in [5, 5.41) is 0. The van der Waals surface area contributed by atoms with Crippen LogP contribution in [0.15, 0.2) is 11.6 Å². The number of ether oxygens (including phenoxy) is 1. The summed E-state index contributed by atoms with van der Waals surface area (Å²) in [7, 11) is 1.85. The molecular weight excluding hydrogens is 312 g/mol. The van der Waals surface area contributed by atoms with Crippen LogP contribution in [0.2, 0.25) is 0 Å². The molecular formula is C22H32O3. The zero-order valence-electron chi connectivity index (χ0n) is 16.1. The van der Waals surface area contributed by atoms with Gasteiger partial charge in [-0.05, 0) is 80.1 Å². The van der Waals surface area contributed by atoms with Crippen LogP contribution in [0, 0.1) is 34.5 Å². The first-order valence-electron chi connectivity index (χ1n) is 10.1. The molecule has 25 heavy (non-hydrogen) atoms. The number of methoxy groups -OCH3 is 1. The van der Waals surface area contributed by atoms with Crippen LogP contribution in [0.3, 0.4) is 0 Å². The number of carbonyl (C=O) groups excluding carboxylic acids is 2. The number of carbonyl (C=O) groups is 2. The maximum Gasteiger partial charge on any atom is 0.155 e. The minimum absolute atomic E-state index is 0.0930. The predicted molar refractivity (Wildman–Crippen MR) is 97.1 cm³/mol. The summed E-state index contributed by atoms with van der Waals surface area (Å²) in [4.78, 5) is 24.3. The molecule has 4 aliphatic rings. The van der Waals surface area contributed by atoms with Crippen molar-refractivity contribution >= 4 is 11.6 Å². The lowest BCUT2D eigenvalue weighted by molar-refractivity contribution is -0.150. The highest BCUT2D eigenvalue weighted by Gasteiger charge is 2.62. The Morgan fingerprint density at radius 3 is 2.64 bits per heavy atom. The molecule has 0 spiro atoms. The van der Waals surface area contributed by atoms with Crippen molar-refractivity contribution in [1.82, 2.24) is 0 Å². The first-order chi connectivity index (χ1) is 11.8. The Labute approximate surface area is 151 Å². The van der Waals surface area contributed by atoms with E-state index in [1.54, 1.807) is 6.92 Å². The summed E-state index contributed by atoms with van der Waals surface area (Å²) in [6.07, 6.45) is 9.24. The summed E-state index contributed by atoms with van der Waals surface area (Å²) in [5.41, 5.74) is 1.57. The second kappa shape index (κ2) is 5.77. The van der Waals surface area contributed by atoms with Gasteiger partial charge in [0.15, 0.2) is 5.78 Å². The van der Waals surface area contributed by atoms with Gasteiger partial charge in [-0.2, -0.15) is 0 Å². The van der Waals surface area contributed by atoms with E-state index in [2.05, 4.69) is 13.8 Å². The molecule has 0 heterocycles. The fourth-order valence-corrected chi connectivity index (χ4v) is 7.54. The van der Waals surface area contributed by atoms with Crippen LogP contribution in [-0.2, 0) is 14.3 Å². The van der Waals surface area contributed by atoms with Gasteiger partial charge in [0.25, 0.3) is 0 Å². The molecule has 0 aromatic heterocycles. The maximum atomic E-state index is 12.3. The van der Waals surface area contributed by atoms with Crippen molar-refractivity contribution in [2.75, 3.05) is 7.11 Å². The monoisotopic (exact) mass is 344 g/mol. The van der Waals surface area contributed by atoms with E-state index in [0.29, 0.717) is 35.7 Å². The van der Waals surface area contributed by atoms with E-state index in [0.717, 1.165) is 32.1 Å². The molecule has 3 fully saturated rings. The number of fused-ring (bicyclic) bond motifs is 5. The average molecular weight is 344 g/mol. The van der Waals surface area contributed by atoms with Crippen LogP contribution >= 0.6 is 0 Å². The number of allylic oxidation sites excluding steroid dienone is 1. The molecule has 4 rings (SSSR count). The van der Waals surface area contributed by atoms with Crippen LogP contribution in [0.1, 0.15) is 65.7 Å². The number of hydrogen-bond acceptors (Lipinski definition) is 3. The number of rotatable bonds is 2. The lowest BCUT2D eigenvalue weighted by Gasteiger charge is -2.60. The van der Waals surface area contributed by atoms with Crippen molar-refractivity contribution < 1.29 is 14.3 Å². The summed E-state index contributed by atoms with van der Waals surface area (Å²) in [6.45, 7) is 6.52. The highest BCUT2D eigenvalue weighted by Crippen LogP contribution is 2.67. The molecule has 0 bridgehead atoms. The molecule has 3 saturated carbocycles. The third kappa shape index (κ3) is 2.34. The Kier molecular flexibility index (Phi) is 4.03. The quantitative estimate of drug-likeness (QED) is 0.748. The number of hydrogen-bond donors (Lipinski definition) is 0. The molecule has 0 amide bonds. The van der Waals surface area contributed by atoms with E-state index in [1.807, 2.05) is 13.2 Å². The largest absolute Gasteiger partial charge is 0.381 e. The smallest absolute Gasteiger partial charge is 0.155 e. The molecule has 0 N–H and O–H groups in total. The first-order valence-corrected chi connectivity index (χ1v) is 10.1. The van der Waals surface area contributed by atoms with Gasteiger partial charge >= 0.3 is 0 Å². The topological polar surface area (TPSA) is 43.4 Å². The second-order valence-electron chi connectivity index (χ2n) is 9.61. The van der Waals surface area contributed by atoms with E-state index in [-0.39, 0.29) is 22.9 Å². The SMILES string of the molecule is CO[C@@H]1C[C@]2(C)C(C(C)=O)CCC2C2CCC3=CC(=O)CC[C@]3(C)C21. The molecule has 0 aromatic carbocycles. The fraction of sp³-hybridized carbons (Fsp3) is 0.818. The van der Waals surface area contributed by atoms with Crippen molar-refractivity contribution in [3.05, 3.63) is 11.6 Å². The van der Waals surface area contributed by atoms with Gasteiger partial charge in [0.1, 0.15) is 5.78 Å². The standard InChI is InChI=1S/C22H32O3/c1-13(23)17-7-8-18-16-6-5-14-11-15(24)9-10-21(14,2)20(16)19(25-4)12-22(17,18)3/h11,16-20H,5-10,12H2,1-4H3/t16?,17?,18?,19-,20?,21+,22-/m1/s1. The number of Topliss-reactive ketones (excluding diaryl/α,β-unsaturated/α-hetero) is 1. The van der Waals surface area contributed by atoms with E-state index in [1.165, 1.54) is 12.0 Å². The Hall–Kier alpha value is -0.960. The Balaban J connectivity index is 1.75. The molecule has 0 saturated heterocycles. The van der Waals surface area contributed by atoms with Gasteiger partial charge in [-0.1, -0.05) is 19.4 Å². The summed E-state index contributed by atoms with van der Waals surface area (Å²) in [5.74, 6) is 2.63. The molecule has 0 radical (unpaired) electrons. The zero-order valence-corrected chi connectivity index (χ0v) is 16.1. The van der Waals surface area contributed by atoms with Crippen molar-refractivity contribution in [3.63, 3.8) is 0 Å². The van der Waals surface area contributed by atoms with E-state index >= 15 is 0 Å². The van der Waals surface area contributed by atoms with Gasteiger partial charge in [0.05, 0.1) is 6.10 Å². The Bertz CT molecular complexity index is 635. The lowest BCUT2D eigenvalue weighted by atomic mass is 9.46. The van der Waals surface area contributed by atoms with Crippen LogP contribution < -0.4 is 0 Å². The molecule has 3 nitrogen and oxygen atoms in total. The van der Waals surface area contributed by atoms with Gasteiger partial charge in [0.2, 0.25) is 0 Å². The number of ketones is 2. The average Bonchev–Trinajstić information content (AvgIpc) is 2.91. The normalized spacial score (nSPS) is 49.0. The van der Waals surface area contributed by atoms with Gasteiger partial charge in [-0.25, -0.2) is 0 Å². The molecule has 3 heteroatoms. The third-order valence-corrected chi connectivity index (χ3v) is 8.66. The Morgan fingerprint density at radius 2 is 1.96 bits per heavy atom. The summed E-state index contributed by atoms with van der Waals surface area (Å²) >= 11 is 0. The van der Waals surface area contributed by atoms with Gasteiger partial charge in [0, 0.05) is 19.4 Å². The fourth-order valence-electron chi connectivity index (χ4n) is 7.54. The van der Waals surface area contributed by atoms with Gasteiger partial charge in [-0.15, -0.1) is 0 Å².